The topological polar surface area (TPSA) is 77.5 Å². The number of para-hydroxylation sites is 1. The fourth-order valence-corrected chi connectivity index (χ4v) is 2.92. The van der Waals surface area contributed by atoms with Crippen molar-refractivity contribution in [3.63, 3.8) is 0 Å². The van der Waals surface area contributed by atoms with Crippen molar-refractivity contribution in [1.29, 1.82) is 0 Å². The second kappa shape index (κ2) is 7.59. The smallest absolute Gasteiger partial charge is 0.171 e. The van der Waals surface area contributed by atoms with Gasteiger partial charge in [-0.25, -0.2) is 0 Å². The minimum atomic E-state index is 0.167. The molecule has 3 aromatic rings. The van der Waals surface area contributed by atoms with Crippen molar-refractivity contribution in [2.45, 2.75) is 0 Å². The van der Waals surface area contributed by atoms with E-state index in [4.69, 9.17) is 4.52 Å². The summed E-state index contributed by atoms with van der Waals surface area (Å²) in [5.41, 5.74) is 3.03. The molecule has 0 saturated carbocycles. The van der Waals surface area contributed by atoms with Crippen LogP contribution >= 0.6 is 0 Å². The van der Waals surface area contributed by atoms with Crippen LogP contribution in [0, 0.1) is 0 Å². The van der Waals surface area contributed by atoms with Crippen molar-refractivity contribution >= 4 is 5.69 Å². The highest BCUT2D eigenvalue weighted by Crippen LogP contribution is 2.32. The van der Waals surface area contributed by atoms with E-state index in [0.717, 1.165) is 37.4 Å². The highest BCUT2D eigenvalue weighted by atomic mass is 16.5. The van der Waals surface area contributed by atoms with E-state index >= 15 is 0 Å². The minimum absolute atomic E-state index is 0.167. The third-order valence-electron chi connectivity index (χ3n) is 4.61. The van der Waals surface area contributed by atoms with E-state index in [0.29, 0.717) is 17.0 Å². The molecule has 0 aliphatic carbocycles. The molecule has 1 fully saturated rings. The fourth-order valence-electron chi connectivity index (χ4n) is 2.92. The highest BCUT2D eigenvalue weighted by molar-refractivity contribution is 5.70. The molecular weight excluding hydrogens is 342 g/mol. The number of phenolic OH excluding ortho intramolecular Hbond substituents is 1. The number of benzene rings is 2. The number of aromatic nitrogens is 1. The van der Waals surface area contributed by atoms with E-state index in [1.165, 1.54) is 0 Å². The maximum absolute atomic E-state index is 9.94. The number of likely N-dealkylation sites (N-methyl/N-ethyl adjacent to an activating group) is 1. The number of aromatic hydroxyl groups is 1. The van der Waals surface area contributed by atoms with E-state index in [9.17, 15) is 5.11 Å². The standard InChI is InChI=1S/C20H21N5O2/c1-24-10-12-25(13-11-24)23-21-16-8-6-15(7-9-16)18-14-20(27-22-18)17-4-2-3-5-19(17)26/h2-9,14,26H,10-13H2,1H3. The maximum atomic E-state index is 9.94. The SMILES string of the molecule is CN1CCN(N=Nc2ccc(-c3cc(-c4ccccc4O)on3)cc2)CC1. The van der Waals surface area contributed by atoms with Crippen LogP contribution < -0.4 is 0 Å². The Balaban J connectivity index is 1.46. The molecule has 27 heavy (non-hydrogen) atoms. The van der Waals surface area contributed by atoms with Gasteiger partial charge in [0.2, 0.25) is 0 Å². The number of hydrogen-bond donors (Lipinski definition) is 1. The predicted molar refractivity (Wildman–Crippen MR) is 103 cm³/mol. The first kappa shape index (κ1) is 17.2. The molecular formula is C20H21N5O2. The summed E-state index contributed by atoms with van der Waals surface area (Å²) in [6, 6.07) is 16.5. The molecule has 4 rings (SSSR count). The van der Waals surface area contributed by atoms with Gasteiger partial charge in [-0.05, 0) is 31.3 Å². The van der Waals surface area contributed by atoms with Crippen molar-refractivity contribution in [2.24, 2.45) is 10.3 Å². The van der Waals surface area contributed by atoms with Gasteiger partial charge in [0.1, 0.15) is 11.4 Å². The average molecular weight is 363 g/mol. The number of piperazine rings is 1. The van der Waals surface area contributed by atoms with Gasteiger partial charge >= 0.3 is 0 Å². The summed E-state index contributed by atoms with van der Waals surface area (Å²) in [5, 5.41) is 24.7. The molecule has 138 valence electrons. The van der Waals surface area contributed by atoms with Gasteiger partial charge in [-0.1, -0.05) is 34.6 Å². The summed E-state index contributed by atoms with van der Waals surface area (Å²) in [6.07, 6.45) is 0. The van der Waals surface area contributed by atoms with Crippen molar-refractivity contribution in [1.82, 2.24) is 15.1 Å². The summed E-state index contributed by atoms with van der Waals surface area (Å²) in [5.74, 6) is 0.696. The van der Waals surface area contributed by atoms with Crippen LogP contribution in [0.2, 0.25) is 0 Å². The van der Waals surface area contributed by atoms with E-state index in [1.807, 2.05) is 41.4 Å². The summed E-state index contributed by atoms with van der Waals surface area (Å²) in [7, 11) is 2.11. The Labute approximate surface area is 157 Å². The number of nitrogens with zero attached hydrogens (tertiary/aromatic N) is 5. The van der Waals surface area contributed by atoms with Gasteiger partial charge in [-0.15, -0.1) is 5.11 Å². The average Bonchev–Trinajstić information content (AvgIpc) is 3.18. The molecule has 2 heterocycles. The normalized spacial score (nSPS) is 15.5. The van der Waals surface area contributed by atoms with Crippen LogP contribution in [0.3, 0.4) is 0 Å². The monoisotopic (exact) mass is 363 g/mol. The van der Waals surface area contributed by atoms with Gasteiger partial charge in [0.15, 0.2) is 5.76 Å². The van der Waals surface area contributed by atoms with Crippen LogP contribution in [0.15, 0.2) is 69.5 Å². The zero-order valence-corrected chi connectivity index (χ0v) is 15.1. The lowest BCUT2D eigenvalue weighted by Gasteiger charge is -2.29. The molecule has 0 bridgehead atoms. The lowest BCUT2D eigenvalue weighted by Crippen LogP contribution is -2.41. The molecule has 7 nitrogen and oxygen atoms in total. The van der Waals surface area contributed by atoms with Crippen LogP contribution in [-0.4, -0.2) is 53.4 Å². The number of rotatable bonds is 4. The van der Waals surface area contributed by atoms with Crippen LogP contribution in [0.25, 0.3) is 22.6 Å². The van der Waals surface area contributed by atoms with Crippen LogP contribution in [-0.2, 0) is 0 Å². The Morgan fingerprint density at radius 2 is 1.74 bits per heavy atom. The van der Waals surface area contributed by atoms with Gasteiger partial charge in [0.25, 0.3) is 0 Å². The minimum Gasteiger partial charge on any atom is -0.507 e. The Morgan fingerprint density at radius 1 is 1.00 bits per heavy atom. The van der Waals surface area contributed by atoms with E-state index < -0.39 is 0 Å². The first-order chi connectivity index (χ1) is 13.2. The largest absolute Gasteiger partial charge is 0.507 e. The fraction of sp³-hybridized carbons (Fsp3) is 0.250. The second-order valence-electron chi connectivity index (χ2n) is 6.59. The molecule has 1 aliphatic heterocycles. The van der Waals surface area contributed by atoms with Gasteiger partial charge in [-0.3, -0.25) is 5.01 Å². The van der Waals surface area contributed by atoms with Crippen LogP contribution in [0.4, 0.5) is 5.69 Å². The molecule has 1 N–H and O–H groups in total. The maximum Gasteiger partial charge on any atom is 0.171 e. The van der Waals surface area contributed by atoms with Crippen molar-refractivity contribution in [2.75, 3.05) is 33.2 Å². The zero-order valence-electron chi connectivity index (χ0n) is 15.1. The summed E-state index contributed by atoms with van der Waals surface area (Å²) >= 11 is 0. The Hall–Kier alpha value is -3.19. The molecule has 0 atom stereocenters. The first-order valence-electron chi connectivity index (χ1n) is 8.90. The van der Waals surface area contributed by atoms with Crippen molar-refractivity contribution in [3.8, 4) is 28.3 Å². The predicted octanol–water partition coefficient (Wildman–Crippen LogP) is 3.96. The molecule has 0 spiro atoms. The molecule has 0 amide bonds. The van der Waals surface area contributed by atoms with Crippen LogP contribution in [0.1, 0.15) is 0 Å². The number of phenols is 1. The Morgan fingerprint density at radius 3 is 2.48 bits per heavy atom. The summed E-state index contributed by atoms with van der Waals surface area (Å²) in [6.45, 7) is 3.80. The molecule has 2 aromatic carbocycles. The van der Waals surface area contributed by atoms with Gasteiger partial charge in [0.05, 0.1) is 24.3 Å². The molecule has 7 heteroatoms. The summed E-state index contributed by atoms with van der Waals surface area (Å²) < 4.78 is 5.39. The van der Waals surface area contributed by atoms with Crippen LogP contribution in [0.5, 0.6) is 5.75 Å². The zero-order chi connectivity index (χ0) is 18.6. The quantitative estimate of drug-likeness (QED) is 0.710. The molecule has 0 unspecified atom stereocenters. The lowest BCUT2D eigenvalue weighted by molar-refractivity contribution is 0.150. The van der Waals surface area contributed by atoms with E-state index in [2.05, 4.69) is 27.4 Å². The molecule has 1 saturated heterocycles. The van der Waals surface area contributed by atoms with Crippen molar-refractivity contribution in [3.05, 3.63) is 54.6 Å². The Kier molecular flexibility index (Phi) is 4.84. The summed E-state index contributed by atoms with van der Waals surface area (Å²) in [4.78, 5) is 2.28. The molecule has 1 aliphatic rings. The third-order valence-corrected chi connectivity index (χ3v) is 4.61. The first-order valence-corrected chi connectivity index (χ1v) is 8.90. The Bertz CT molecular complexity index is 928. The second-order valence-corrected chi connectivity index (χ2v) is 6.59. The highest BCUT2D eigenvalue weighted by Gasteiger charge is 2.13. The number of hydrogen-bond acceptors (Lipinski definition) is 6. The third kappa shape index (κ3) is 3.98. The van der Waals surface area contributed by atoms with E-state index in [-0.39, 0.29) is 5.75 Å². The van der Waals surface area contributed by atoms with Gasteiger partial charge < -0.3 is 14.5 Å². The van der Waals surface area contributed by atoms with Gasteiger partial charge in [0, 0.05) is 24.7 Å². The van der Waals surface area contributed by atoms with Gasteiger partial charge in [-0.2, -0.15) is 0 Å². The lowest BCUT2D eigenvalue weighted by atomic mass is 10.1. The van der Waals surface area contributed by atoms with Crippen molar-refractivity contribution < 1.29 is 9.63 Å². The van der Waals surface area contributed by atoms with E-state index in [1.54, 1.807) is 18.2 Å². The molecule has 1 aromatic heterocycles. The molecule has 0 radical (unpaired) electrons.